The van der Waals surface area contributed by atoms with Crippen molar-refractivity contribution in [3.05, 3.63) is 29.8 Å². The highest BCUT2D eigenvalue weighted by atomic mass is 32.2. The van der Waals surface area contributed by atoms with Gasteiger partial charge in [-0.05, 0) is 17.9 Å². The van der Waals surface area contributed by atoms with E-state index >= 15 is 0 Å². The zero-order valence-electron chi connectivity index (χ0n) is 12.3. The minimum atomic E-state index is 0.172. The molecule has 1 atom stereocenters. The number of aromatic nitrogens is 3. The van der Waals surface area contributed by atoms with Crippen LogP contribution in [0.4, 0.5) is 0 Å². The van der Waals surface area contributed by atoms with Crippen LogP contribution < -0.4 is 5.43 Å². The van der Waals surface area contributed by atoms with Crippen molar-refractivity contribution < 1.29 is 0 Å². The maximum absolute atomic E-state index is 4.32. The molecule has 0 saturated heterocycles. The van der Waals surface area contributed by atoms with E-state index in [1.165, 1.54) is 5.56 Å². The first-order chi connectivity index (χ1) is 9.45. The summed E-state index contributed by atoms with van der Waals surface area (Å²) in [5.41, 5.74) is 6.02. The minimum Gasteiger partial charge on any atom is -0.318 e. The smallest absolute Gasteiger partial charge is 0.210 e. The predicted octanol–water partition coefficient (Wildman–Crippen LogP) is 3.28. The largest absolute Gasteiger partial charge is 0.318 e. The number of nitrogens with one attached hydrogen (secondary N) is 1. The Balaban J connectivity index is 1.96. The fourth-order valence-corrected chi connectivity index (χ4v) is 3.08. The van der Waals surface area contributed by atoms with Crippen molar-refractivity contribution in [2.24, 2.45) is 0 Å². The molecule has 1 aliphatic heterocycles. The Morgan fingerprint density at radius 1 is 1.20 bits per heavy atom. The molecule has 3 rings (SSSR count). The van der Waals surface area contributed by atoms with Gasteiger partial charge in [-0.3, -0.25) is 0 Å². The number of thioether (sulfide) groups is 1. The fourth-order valence-electron chi connectivity index (χ4n) is 2.24. The molecule has 5 heteroatoms. The molecule has 0 amide bonds. The molecule has 2 aromatic rings. The third-order valence-corrected chi connectivity index (χ3v) is 4.64. The first kappa shape index (κ1) is 13.5. The summed E-state index contributed by atoms with van der Waals surface area (Å²) in [7, 11) is 0. The molecule has 0 bridgehead atoms. The summed E-state index contributed by atoms with van der Waals surface area (Å²) >= 11 is 1.75. The Morgan fingerprint density at radius 2 is 1.90 bits per heavy atom. The van der Waals surface area contributed by atoms with Crippen LogP contribution in [-0.4, -0.2) is 26.7 Å². The van der Waals surface area contributed by atoms with Crippen LogP contribution >= 0.6 is 11.8 Å². The third-order valence-electron chi connectivity index (χ3n) is 3.45. The van der Waals surface area contributed by atoms with Crippen molar-refractivity contribution in [1.29, 1.82) is 0 Å². The van der Waals surface area contributed by atoms with E-state index in [2.05, 4.69) is 67.6 Å². The quantitative estimate of drug-likeness (QED) is 0.874. The minimum absolute atomic E-state index is 0.172. The number of fused-ring (bicyclic) bond motifs is 1. The Bertz CT molecular complexity index is 610. The number of rotatable bonds is 1. The van der Waals surface area contributed by atoms with Crippen LogP contribution in [0.2, 0.25) is 0 Å². The van der Waals surface area contributed by atoms with Crippen molar-refractivity contribution in [2.45, 2.75) is 44.3 Å². The summed E-state index contributed by atoms with van der Waals surface area (Å²) in [6.45, 7) is 8.84. The van der Waals surface area contributed by atoms with E-state index in [1.807, 2.05) is 4.68 Å². The SMILES string of the molecule is CC1CSc2nnc(-c3ccc(C(C)(C)C)cc3)n2N1. The highest BCUT2D eigenvalue weighted by Crippen LogP contribution is 2.28. The van der Waals surface area contributed by atoms with Gasteiger partial charge in [-0.25, -0.2) is 4.68 Å². The molecule has 106 valence electrons. The summed E-state index contributed by atoms with van der Waals surface area (Å²) in [6, 6.07) is 9.04. The molecule has 1 aromatic heterocycles. The van der Waals surface area contributed by atoms with Gasteiger partial charge in [0.2, 0.25) is 5.16 Å². The summed E-state index contributed by atoms with van der Waals surface area (Å²) in [6.07, 6.45) is 0. The van der Waals surface area contributed by atoms with E-state index < -0.39 is 0 Å². The zero-order chi connectivity index (χ0) is 14.3. The van der Waals surface area contributed by atoms with Crippen molar-refractivity contribution >= 4 is 11.8 Å². The van der Waals surface area contributed by atoms with Crippen LogP contribution in [0.1, 0.15) is 33.3 Å². The maximum Gasteiger partial charge on any atom is 0.210 e. The van der Waals surface area contributed by atoms with Gasteiger partial charge >= 0.3 is 0 Å². The van der Waals surface area contributed by atoms with E-state index in [-0.39, 0.29) is 5.41 Å². The van der Waals surface area contributed by atoms with Gasteiger partial charge in [-0.15, -0.1) is 10.2 Å². The van der Waals surface area contributed by atoms with Crippen LogP contribution in [0.15, 0.2) is 29.4 Å². The normalized spacial score (nSPS) is 18.5. The van der Waals surface area contributed by atoms with E-state index in [1.54, 1.807) is 11.8 Å². The molecule has 20 heavy (non-hydrogen) atoms. The Hall–Kier alpha value is -1.49. The van der Waals surface area contributed by atoms with Crippen molar-refractivity contribution in [3.63, 3.8) is 0 Å². The van der Waals surface area contributed by atoms with Gasteiger partial charge in [0.05, 0.1) is 0 Å². The predicted molar refractivity (Wildman–Crippen MR) is 83.7 cm³/mol. The van der Waals surface area contributed by atoms with Crippen LogP contribution in [-0.2, 0) is 5.41 Å². The number of benzene rings is 1. The number of nitrogens with zero attached hydrogens (tertiary/aromatic N) is 3. The fraction of sp³-hybridized carbons (Fsp3) is 0.467. The average molecular weight is 288 g/mol. The van der Waals surface area contributed by atoms with E-state index in [0.717, 1.165) is 22.3 Å². The van der Waals surface area contributed by atoms with Gasteiger partial charge in [0, 0.05) is 17.4 Å². The maximum atomic E-state index is 4.32. The van der Waals surface area contributed by atoms with Crippen molar-refractivity contribution in [2.75, 3.05) is 11.2 Å². The van der Waals surface area contributed by atoms with Gasteiger partial charge < -0.3 is 5.43 Å². The van der Waals surface area contributed by atoms with Gasteiger partial charge in [0.1, 0.15) is 0 Å². The Kier molecular flexibility index (Phi) is 3.24. The van der Waals surface area contributed by atoms with Gasteiger partial charge in [0.15, 0.2) is 5.82 Å². The van der Waals surface area contributed by atoms with E-state index in [0.29, 0.717) is 6.04 Å². The van der Waals surface area contributed by atoms with Crippen LogP contribution in [0.5, 0.6) is 0 Å². The average Bonchev–Trinajstić information content (AvgIpc) is 2.81. The second-order valence-electron chi connectivity index (χ2n) is 6.31. The zero-order valence-corrected chi connectivity index (χ0v) is 13.2. The lowest BCUT2D eigenvalue weighted by Gasteiger charge is -2.23. The molecule has 0 aliphatic carbocycles. The highest BCUT2D eigenvalue weighted by molar-refractivity contribution is 7.99. The summed E-state index contributed by atoms with van der Waals surface area (Å²) in [5, 5.41) is 9.52. The number of hydrogen-bond acceptors (Lipinski definition) is 4. The van der Waals surface area contributed by atoms with Gasteiger partial charge in [0.25, 0.3) is 0 Å². The van der Waals surface area contributed by atoms with Gasteiger partial charge in [-0.2, -0.15) is 0 Å². The second kappa shape index (κ2) is 4.81. The second-order valence-corrected chi connectivity index (χ2v) is 7.30. The topological polar surface area (TPSA) is 42.7 Å². The molecule has 0 fully saturated rings. The summed E-state index contributed by atoms with van der Waals surface area (Å²) < 4.78 is 2.00. The molecule has 1 aromatic carbocycles. The molecule has 0 spiro atoms. The van der Waals surface area contributed by atoms with Gasteiger partial charge in [-0.1, -0.05) is 56.8 Å². The molecule has 0 radical (unpaired) electrons. The third kappa shape index (κ3) is 2.42. The van der Waals surface area contributed by atoms with Crippen LogP contribution in [0.25, 0.3) is 11.4 Å². The molecule has 1 aliphatic rings. The van der Waals surface area contributed by atoms with Crippen LogP contribution in [0.3, 0.4) is 0 Å². The molecular formula is C15H20N4S. The molecule has 1 N–H and O–H groups in total. The Labute approximate surface area is 124 Å². The summed E-state index contributed by atoms with van der Waals surface area (Å²) in [5.74, 6) is 1.92. The molecule has 2 heterocycles. The van der Waals surface area contributed by atoms with Crippen molar-refractivity contribution in [3.8, 4) is 11.4 Å². The van der Waals surface area contributed by atoms with E-state index in [9.17, 15) is 0 Å². The molecule has 1 unspecified atom stereocenters. The summed E-state index contributed by atoms with van der Waals surface area (Å²) in [4.78, 5) is 0. The lowest BCUT2D eigenvalue weighted by atomic mass is 9.87. The Morgan fingerprint density at radius 3 is 2.55 bits per heavy atom. The first-order valence-electron chi connectivity index (χ1n) is 6.91. The lowest BCUT2D eigenvalue weighted by Crippen LogP contribution is -2.32. The van der Waals surface area contributed by atoms with Crippen molar-refractivity contribution in [1.82, 2.24) is 14.9 Å². The molecule has 0 saturated carbocycles. The standard InChI is InChI=1S/C15H20N4S/c1-10-9-20-14-17-16-13(19(14)18-10)11-5-7-12(8-6-11)15(2,3)4/h5-8,10,18H,9H2,1-4H3. The molecular weight excluding hydrogens is 268 g/mol. The monoisotopic (exact) mass is 288 g/mol. The highest BCUT2D eigenvalue weighted by Gasteiger charge is 2.21. The molecule has 4 nitrogen and oxygen atoms in total. The van der Waals surface area contributed by atoms with Crippen LogP contribution in [0, 0.1) is 0 Å². The number of hydrogen-bond donors (Lipinski definition) is 1. The van der Waals surface area contributed by atoms with E-state index in [4.69, 9.17) is 0 Å². The lowest BCUT2D eigenvalue weighted by molar-refractivity contribution is 0.590. The first-order valence-corrected chi connectivity index (χ1v) is 7.89.